The van der Waals surface area contributed by atoms with Crippen molar-refractivity contribution < 1.29 is 13.6 Å². The molecule has 0 aromatic carbocycles. The zero-order valence-corrected chi connectivity index (χ0v) is 6.65. The van der Waals surface area contributed by atoms with Crippen LogP contribution >= 0.6 is 0 Å². The van der Waals surface area contributed by atoms with Crippen LogP contribution in [0.25, 0.3) is 0 Å². The van der Waals surface area contributed by atoms with Crippen molar-refractivity contribution in [1.82, 2.24) is 5.32 Å². The van der Waals surface area contributed by atoms with Gasteiger partial charge in [0.15, 0.2) is 0 Å². The number of nitrogens with two attached hydrogens (primary N) is 1. The standard InChI is InChI=1S/C7H12F2N2O/c8-7(9)3-5(4-7)6(12)11-2-1-10/h5H,1-4,10H2,(H,11,12). The van der Waals surface area contributed by atoms with Gasteiger partial charge in [0.25, 0.3) is 0 Å². The molecule has 0 radical (unpaired) electrons. The van der Waals surface area contributed by atoms with Crippen LogP contribution in [-0.4, -0.2) is 24.9 Å². The molecule has 0 aromatic rings. The SMILES string of the molecule is NCCNC(=O)C1CC(F)(F)C1. The van der Waals surface area contributed by atoms with Gasteiger partial charge in [-0.25, -0.2) is 8.78 Å². The summed E-state index contributed by atoms with van der Waals surface area (Å²) in [6.07, 6.45) is -0.632. The Balaban J connectivity index is 2.19. The third-order valence-corrected chi connectivity index (χ3v) is 1.90. The van der Waals surface area contributed by atoms with Gasteiger partial charge in [-0.1, -0.05) is 0 Å². The van der Waals surface area contributed by atoms with E-state index in [1.54, 1.807) is 0 Å². The Morgan fingerprint density at radius 1 is 1.58 bits per heavy atom. The second kappa shape index (κ2) is 3.35. The molecule has 0 spiro atoms. The van der Waals surface area contributed by atoms with Crippen molar-refractivity contribution in [1.29, 1.82) is 0 Å². The molecule has 1 aliphatic carbocycles. The van der Waals surface area contributed by atoms with Gasteiger partial charge in [0.05, 0.1) is 0 Å². The molecule has 0 aromatic heterocycles. The monoisotopic (exact) mass is 178 g/mol. The third kappa shape index (κ3) is 2.14. The Morgan fingerprint density at radius 3 is 2.58 bits per heavy atom. The van der Waals surface area contributed by atoms with Gasteiger partial charge in [-0.05, 0) is 0 Å². The van der Waals surface area contributed by atoms with E-state index in [4.69, 9.17) is 5.73 Å². The fourth-order valence-electron chi connectivity index (χ4n) is 1.19. The van der Waals surface area contributed by atoms with Crippen LogP contribution in [0.15, 0.2) is 0 Å². The molecular weight excluding hydrogens is 166 g/mol. The molecule has 3 N–H and O–H groups in total. The molecule has 5 heteroatoms. The van der Waals surface area contributed by atoms with Gasteiger partial charge < -0.3 is 11.1 Å². The van der Waals surface area contributed by atoms with E-state index < -0.39 is 11.8 Å². The maximum Gasteiger partial charge on any atom is 0.249 e. The number of alkyl halides is 2. The topological polar surface area (TPSA) is 55.1 Å². The summed E-state index contributed by atoms with van der Waals surface area (Å²) in [4.78, 5) is 11.0. The highest BCUT2D eigenvalue weighted by Gasteiger charge is 2.48. The highest BCUT2D eigenvalue weighted by atomic mass is 19.3. The van der Waals surface area contributed by atoms with Crippen molar-refractivity contribution in [2.45, 2.75) is 18.8 Å². The van der Waals surface area contributed by atoms with Crippen molar-refractivity contribution in [2.24, 2.45) is 11.7 Å². The van der Waals surface area contributed by atoms with Crippen LogP contribution in [0, 0.1) is 5.92 Å². The predicted octanol–water partition coefficient (Wildman–Crippen LogP) is 0.107. The molecule has 1 amide bonds. The Labute approximate surface area is 69.3 Å². The molecule has 0 bridgehead atoms. The summed E-state index contributed by atoms with van der Waals surface area (Å²) < 4.78 is 24.5. The first kappa shape index (κ1) is 9.38. The molecule has 0 atom stereocenters. The lowest BCUT2D eigenvalue weighted by Crippen LogP contribution is -2.45. The number of hydrogen-bond acceptors (Lipinski definition) is 2. The number of halogens is 2. The number of carbonyl (C=O) groups is 1. The summed E-state index contributed by atoms with van der Waals surface area (Å²) in [7, 11) is 0. The Morgan fingerprint density at radius 2 is 2.17 bits per heavy atom. The maximum atomic E-state index is 12.3. The minimum absolute atomic E-state index is 0.300. The van der Waals surface area contributed by atoms with E-state index in [9.17, 15) is 13.6 Å². The normalized spacial score (nSPS) is 21.6. The first-order valence-electron chi connectivity index (χ1n) is 3.91. The molecule has 1 rings (SSSR count). The average molecular weight is 178 g/mol. The van der Waals surface area contributed by atoms with E-state index >= 15 is 0 Å². The average Bonchev–Trinajstić information content (AvgIpc) is 1.95. The predicted molar refractivity (Wildman–Crippen MR) is 39.7 cm³/mol. The van der Waals surface area contributed by atoms with E-state index in [0.29, 0.717) is 13.1 Å². The maximum absolute atomic E-state index is 12.3. The minimum atomic E-state index is -2.62. The van der Waals surface area contributed by atoms with Crippen molar-refractivity contribution in [3.63, 3.8) is 0 Å². The third-order valence-electron chi connectivity index (χ3n) is 1.90. The van der Waals surface area contributed by atoms with Gasteiger partial charge in [-0.3, -0.25) is 4.79 Å². The number of amides is 1. The highest BCUT2D eigenvalue weighted by Crippen LogP contribution is 2.42. The Hall–Kier alpha value is -0.710. The molecule has 0 unspecified atom stereocenters. The summed E-state index contributed by atoms with van der Waals surface area (Å²) in [5, 5.41) is 2.47. The van der Waals surface area contributed by atoms with Gasteiger partial charge in [-0.2, -0.15) is 0 Å². The lowest BCUT2D eigenvalue weighted by molar-refractivity contribution is -0.150. The van der Waals surface area contributed by atoms with Crippen LogP contribution in [0.5, 0.6) is 0 Å². The minimum Gasteiger partial charge on any atom is -0.355 e. The van der Waals surface area contributed by atoms with Crippen LogP contribution < -0.4 is 11.1 Å². The van der Waals surface area contributed by atoms with E-state index in [1.807, 2.05) is 0 Å². The van der Waals surface area contributed by atoms with E-state index in [0.717, 1.165) is 0 Å². The molecular formula is C7H12F2N2O. The fraction of sp³-hybridized carbons (Fsp3) is 0.857. The zero-order chi connectivity index (χ0) is 9.19. The summed E-state index contributed by atoms with van der Waals surface area (Å²) >= 11 is 0. The molecule has 1 saturated carbocycles. The largest absolute Gasteiger partial charge is 0.355 e. The van der Waals surface area contributed by atoms with Crippen LogP contribution in [0.1, 0.15) is 12.8 Å². The van der Waals surface area contributed by atoms with Gasteiger partial charge in [0.1, 0.15) is 0 Å². The lowest BCUT2D eigenvalue weighted by atomic mass is 9.81. The summed E-state index contributed by atoms with van der Waals surface area (Å²) in [6.45, 7) is 0.704. The molecule has 1 aliphatic rings. The van der Waals surface area contributed by atoms with Crippen LogP contribution in [0.3, 0.4) is 0 Å². The summed E-state index contributed by atoms with van der Waals surface area (Å²) in [5.74, 6) is -3.43. The number of nitrogens with one attached hydrogen (secondary N) is 1. The summed E-state index contributed by atoms with van der Waals surface area (Å²) in [6, 6.07) is 0. The second-order valence-electron chi connectivity index (χ2n) is 3.04. The van der Waals surface area contributed by atoms with Crippen molar-refractivity contribution in [2.75, 3.05) is 13.1 Å². The first-order chi connectivity index (χ1) is 5.55. The van der Waals surface area contributed by atoms with Crippen LogP contribution in [0.4, 0.5) is 8.78 Å². The molecule has 3 nitrogen and oxygen atoms in total. The molecule has 12 heavy (non-hydrogen) atoms. The fourth-order valence-corrected chi connectivity index (χ4v) is 1.19. The Bertz CT molecular complexity index is 176. The second-order valence-corrected chi connectivity index (χ2v) is 3.04. The van der Waals surface area contributed by atoms with Crippen LogP contribution in [-0.2, 0) is 4.79 Å². The van der Waals surface area contributed by atoms with E-state index in [-0.39, 0.29) is 18.7 Å². The molecule has 0 aliphatic heterocycles. The smallest absolute Gasteiger partial charge is 0.249 e. The highest BCUT2D eigenvalue weighted by molar-refractivity contribution is 5.79. The van der Waals surface area contributed by atoms with Gasteiger partial charge in [0.2, 0.25) is 11.8 Å². The number of rotatable bonds is 3. The molecule has 0 heterocycles. The Kier molecular flexibility index (Phi) is 2.62. The summed E-state index contributed by atoms with van der Waals surface area (Å²) in [5.41, 5.74) is 5.13. The van der Waals surface area contributed by atoms with Gasteiger partial charge in [-0.15, -0.1) is 0 Å². The van der Waals surface area contributed by atoms with Gasteiger partial charge >= 0.3 is 0 Å². The number of hydrogen-bond donors (Lipinski definition) is 2. The van der Waals surface area contributed by atoms with Crippen molar-refractivity contribution in [3.8, 4) is 0 Å². The number of carbonyl (C=O) groups excluding carboxylic acids is 1. The first-order valence-corrected chi connectivity index (χ1v) is 3.91. The van der Waals surface area contributed by atoms with E-state index in [1.165, 1.54) is 0 Å². The molecule has 70 valence electrons. The molecule has 0 saturated heterocycles. The van der Waals surface area contributed by atoms with E-state index in [2.05, 4.69) is 5.32 Å². The van der Waals surface area contributed by atoms with Crippen molar-refractivity contribution in [3.05, 3.63) is 0 Å². The van der Waals surface area contributed by atoms with Gasteiger partial charge in [0, 0.05) is 31.8 Å². The van der Waals surface area contributed by atoms with Crippen molar-refractivity contribution >= 4 is 5.91 Å². The van der Waals surface area contributed by atoms with Crippen LogP contribution in [0.2, 0.25) is 0 Å². The molecule has 1 fully saturated rings. The quantitative estimate of drug-likeness (QED) is 0.644. The zero-order valence-electron chi connectivity index (χ0n) is 6.65. The lowest BCUT2D eigenvalue weighted by Gasteiger charge is -2.33.